The van der Waals surface area contributed by atoms with Crippen LogP contribution in [-0.2, 0) is 9.59 Å². The molecule has 5 nitrogen and oxygen atoms in total. The van der Waals surface area contributed by atoms with Gasteiger partial charge in [0.25, 0.3) is 0 Å². The van der Waals surface area contributed by atoms with Crippen LogP contribution in [0.2, 0.25) is 0 Å². The molecule has 0 radical (unpaired) electrons. The fourth-order valence-electron chi connectivity index (χ4n) is 1.40. The number of rotatable bonds is 4. The van der Waals surface area contributed by atoms with Crippen molar-refractivity contribution in [3.8, 4) is 0 Å². The Kier molecular flexibility index (Phi) is 3.46. The second-order valence-corrected chi connectivity index (χ2v) is 3.87. The Morgan fingerprint density at radius 2 is 2.36 bits per heavy atom. The van der Waals surface area contributed by atoms with Crippen LogP contribution in [0.1, 0.15) is 26.7 Å². The highest BCUT2D eigenvalue weighted by atomic mass is 16.4. The Bertz CT molecular complexity index is 240. The molecular weight excluding hydrogens is 184 g/mol. The molecule has 1 saturated heterocycles. The molecule has 1 heterocycles. The number of nitrogens with zero attached hydrogens (tertiary/aromatic N) is 1. The van der Waals surface area contributed by atoms with Gasteiger partial charge >= 0.3 is 5.97 Å². The Morgan fingerprint density at radius 1 is 1.71 bits per heavy atom. The Labute approximate surface area is 83.1 Å². The highest BCUT2D eigenvalue weighted by molar-refractivity contribution is 5.79. The number of amides is 1. The molecule has 0 spiro atoms. The van der Waals surface area contributed by atoms with E-state index in [1.165, 1.54) is 5.01 Å². The van der Waals surface area contributed by atoms with Gasteiger partial charge in [-0.2, -0.15) is 0 Å². The fourth-order valence-corrected chi connectivity index (χ4v) is 1.40. The molecule has 1 fully saturated rings. The SMILES string of the molecule is CC(C)C1CC(=O)N(CCC(=O)O)N1. The number of aliphatic carboxylic acids is 1. The third-order valence-electron chi connectivity index (χ3n) is 2.37. The monoisotopic (exact) mass is 200 g/mol. The van der Waals surface area contributed by atoms with Gasteiger partial charge in [-0.25, -0.2) is 5.43 Å². The summed E-state index contributed by atoms with van der Waals surface area (Å²) in [7, 11) is 0. The second-order valence-electron chi connectivity index (χ2n) is 3.87. The third-order valence-corrected chi connectivity index (χ3v) is 2.37. The number of hydrogen-bond donors (Lipinski definition) is 2. The van der Waals surface area contributed by atoms with Crippen LogP contribution in [0.4, 0.5) is 0 Å². The molecule has 1 aliphatic rings. The lowest BCUT2D eigenvalue weighted by molar-refractivity contribution is -0.138. The molecule has 1 rings (SSSR count). The van der Waals surface area contributed by atoms with E-state index in [0.29, 0.717) is 12.3 Å². The zero-order valence-electron chi connectivity index (χ0n) is 8.49. The summed E-state index contributed by atoms with van der Waals surface area (Å²) in [5.41, 5.74) is 3.02. The van der Waals surface area contributed by atoms with Gasteiger partial charge in [-0.3, -0.25) is 14.6 Å². The van der Waals surface area contributed by atoms with Crippen LogP contribution in [0.3, 0.4) is 0 Å². The number of carboxylic acids is 1. The standard InChI is InChI=1S/C9H16N2O3/c1-6(2)7-5-8(12)11(10-7)4-3-9(13)14/h6-7,10H,3-5H2,1-2H3,(H,13,14). The first kappa shape index (κ1) is 11.0. The highest BCUT2D eigenvalue weighted by Gasteiger charge is 2.30. The van der Waals surface area contributed by atoms with E-state index in [1.807, 2.05) is 13.8 Å². The van der Waals surface area contributed by atoms with Crippen LogP contribution in [0.15, 0.2) is 0 Å². The van der Waals surface area contributed by atoms with Crippen molar-refractivity contribution >= 4 is 11.9 Å². The summed E-state index contributed by atoms with van der Waals surface area (Å²) in [5, 5.41) is 9.88. The van der Waals surface area contributed by atoms with E-state index in [9.17, 15) is 9.59 Å². The van der Waals surface area contributed by atoms with Crippen molar-refractivity contribution in [1.82, 2.24) is 10.4 Å². The summed E-state index contributed by atoms with van der Waals surface area (Å²) >= 11 is 0. The maximum Gasteiger partial charge on any atom is 0.305 e. The first-order chi connectivity index (χ1) is 6.50. The summed E-state index contributed by atoms with van der Waals surface area (Å²) in [6, 6.07) is 0.149. The molecule has 0 aromatic rings. The molecule has 1 amide bonds. The molecule has 0 saturated carbocycles. The van der Waals surface area contributed by atoms with Crippen molar-refractivity contribution in [1.29, 1.82) is 0 Å². The van der Waals surface area contributed by atoms with Gasteiger partial charge in [0, 0.05) is 19.0 Å². The van der Waals surface area contributed by atoms with Crippen molar-refractivity contribution in [3.63, 3.8) is 0 Å². The molecule has 0 aromatic heterocycles. The number of carbonyl (C=O) groups excluding carboxylic acids is 1. The molecule has 2 N–H and O–H groups in total. The summed E-state index contributed by atoms with van der Waals surface area (Å²) < 4.78 is 0. The molecule has 0 bridgehead atoms. The Hall–Kier alpha value is -1.10. The maximum atomic E-state index is 11.4. The molecule has 1 aliphatic heterocycles. The largest absolute Gasteiger partial charge is 0.481 e. The highest BCUT2D eigenvalue weighted by Crippen LogP contribution is 2.14. The predicted molar refractivity (Wildman–Crippen MR) is 50.3 cm³/mol. The molecule has 0 aliphatic carbocycles. The van der Waals surface area contributed by atoms with Crippen LogP contribution in [0.5, 0.6) is 0 Å². The van der Waals surface area contributed by atoms with E-state index in [4.69, 9.17) is 5.11 Å². The molecule has 0 aromatic carbocycles. The number of carboxylic acid groups (broad SMARTS) is 1. The second kappa shape index (κ2) is 4.41. The average Bonchev–Trinajstić information content (AvgIpc) is 2.43. The third kappa shape index (κ3) is 2.70. The number of carbonyl (C=O) groups is 2. The first-order valence-corrected chi connectivity index (χ1v) is 4.79. The van der Waals surface area contributed by atoms with Crippen LogP contribution in [0, 0.1) is 5.92 Å². The van der Waals surface area contributed by atoms with E-state index in [0.717, 1.165) is 0 Å². The van der Waals surface area contributed by atoms with E-state index < -0.39 is 5.97 Å². The summed E-state index contributed by atoms with van der Waals surface area (Å²) in [6.45, 7) is 4.31. The predicted octanol–water partition coefficient (Wildman–Crippen LogP) is 0.223. The van der Waals surface area contributed by atoms with E-state index in [-0.39, 0.29) is 24.9 Å². The van der Waals surface area contributed by atoms with Gasteiger partial charge in [0.2, 0.25) is 5.91 Å². The average molecular weight is 200 g/mol. The smallest absolute Gasteiger partial charge is 0.305 e. The normalized spacial score (nSPS) is 22.1. The molecular formula is C9H16N2O3. The summed E-state index contributed by atoms with van der Waals surface area (Å²) in [5.74, 6) is -0.508. The molecule has 1 atom stereocenters. The van der Waals surface area contributed by atoms with Gasteiger partial charge in [0.15, 0.2) is 0 Å². The van der Waals surface area contributed by atoms with Crippen molar-refractivity contribution < 1.29 is 14.7 Å². The van der Waals surface area contributed by atoms with Gasteiger partial charge in [-0.05, 0) is 5.92 Å². The topological polar surface area (TPSA) is 69.6 Å². The van der Waals surface area contributed by atoms with Crippen molar-refractivity contribution in [2.75, 3.05) is 6.54 Å². The lowest BCUT2D eigenvalue weighted by Crippen LogP contribution is -2.40. The Morgan fingerprint density at radius 3 is 2.79 bits per heavy atom. The van der Waals surface area contributed by atoms with Crippen molar-refractivity contribution in [2.24, 2.45) is 5.92 Å². The lowest BCUT2D eigenvalue weighted by Gasteiger charge is -2.18. The van der Waals surface area contributed by atoms with Crippen molar-refractivity contribution in [3.05, 3.63) is 0 Å². The zero-order chi connectivity index (χ0) is 10.7. The van der Waals surface area contributed by atoms with Gasteiger partial charge in [0.1, 0.15) is 0 Å². The summed E-state index contributed by atoms with van der Waals surface area (Å²) in [4.78, 5) is 21.7. The van der Waals surface area contributed by atoms with Crippen LogP contribution < -0.4 is 5.43 Å². The molecule has 14 heavy (non-hydrogen) atoms. The number of hydrogen-bond acceptors (Lipinski definition) is 3. The quantitative estimate of drug-likeness (QED) is 0.681. The minimum atomic E-state index is -0.882. The Balaban J connectivity index is 2.41. The minimum absolute atomic E-state index is 0.00931. The van der Waals surface area contributed by atoms with Crippen LogP contribution in [0.25, 0.3) is 0 Å². The van der Waals surface area contributed by atoms with Gasteiger partial charge in [0.05, 0.1) is 6.42 Å². The van der Waals surface area contributed by atoms with E-state index in [2.05, 4.69) is 5.43 Å². The fraction of sp³-hybridized carbons (Fsp3) is 0.778. The number of hydrazine groups is 1. The van der Waals surface area contributed by atoms with E-state index >= 15 is 0 Å². The maximum absolute atomic E-state index is 11.4. The molecule has 80 valence electrons. The van der Waals surface area contributed by atoms with Gasteiger partial charge in [-0.15, -0.1) is 0 Å². The minimum Gasteiger partial charge on any atom is -0.481 e. The molecule has 1 unspecified atom stereocenters. The first-order valence-electron chi connectivity index (χ1n) is 4.79. The van der Waals surface area contributed by atoms with Crippen LogP contribution in [-0.4, -0.2) is 34.6 Å². The van der Waals surface area contributed by atoms with Crippen molar-refractivity contribution in [2.45, 2.75) is 32.7 Å². The van der Waals surface area contributed by atoms with Gasteiger partial charge in [-0.1, -0.05) is 13.8 Å². The van der Waals surface area contributed by atoms with Gasteiger partial charge < -0.3 is 5.11 Å². The number of nitrogens with one attached hydrogen (secondary N) is 1. The van der Waals surface area contributed by atoms with E-state index in [1.54, 1.807) is 0 Å². The zero-order valence-corrected chi connectivity index (χ0v) is 8.49. The summed E-state index contributed by atoms with van der Waals surface area (Å²) in [6.07, 6.45) is 0.459. The molecule has 5 heteroatoms. The van der Waals surface area contributed by atoms with Crippen LogP contribution >= 0.6 is 0 Å². The lowest BCUT2D eigenvalue weighted by atomic mass is 10.0.